The van der Waals surface area contributed by atoms with Crippen molar-refractivity contribution in [2.24, 2.45) is 0 Å². The van der Waals surface area contributed by atoms with Gasteiger partial charge in [-0.25, -0.2) is 13.3 Å². The Morgan fingerprint density at radius 1 is 0.633 bits per heavy atom. The summed E-state index contributed by atoms with van der Waals surface area (Å²) in [5.74, 6) is -1.39. The molecule has 12 nitrogen and oxygen atoms in total. The number of ether oxygens (including phenoxy) is 1. The van der Waals surface area contributed by atoms with E-state index in [4.69, 9.17) is 10.3 Å². The van der Waals surface area contributed by atoms with E-state index in [-0.39, 0.29) is 46.0 Å². The van der Waals surface area contributed by atoms with Crippen molar-refractivity contribution >= 4 is 56.7 Å². The van der Waals surface area contributed by atoms with Gasteiger partial charge < -0.3 is 10.3 Å². The van der Waals surface area contributed by atoms with Crippen LogP contribution in [0.3, 0.4) is 0 Å². The summed E-state index contributed by atoms with van der Waals surface area (Å²) in [5.41, 5.74) is 16.0. The molecule has 4 amide bonds. The minimum atomic E-state index is -3.40. The molecule has 0 N–H and O–H groups in total. The number of hydrogen-bond donors (Lipinski definition) is 0. The molecule has 0 bridgehead atoms. The number of benzene rings is 5. The largest absolute Gasteiger partial charge is 0.457 e. The minimum absolute atomic E-state index is 0. The lowest BCUT2D eigenvalue weighted by Crippen LogP contribution is -2.30. The summed E-state index contributed by atoms with van der Waals surface area (Å²) >= 11 is 0. The summed E-state index contributed by atoms with van der Waals surface area (Å²) < 4.78 is 29.0. The molecule has 0 radical (unpaired) electrons. The van der Waals surface area contributed by atoms with Crippen molar-refractivity contribution < 1.29 is 41.9 Å². The molecule has 1 aliphatic carbocycles. The topological polar surface area (TPSA) is 172 Å². The number of anilines is 1. The highest BCUT2D eigenvalue weighted by Gasteiger charge is 2.39. The molecule has 3 aliphatic rings. The van der Waals surface area contributed by atoms with Gasteiger partial charge in [0.05, 0.1) is 32.8 Å². The third-order valence-electron chi connectivity index (χ3n) is 11.0. The van der Waals surface area contributed by atoms with Gasteiger partial charge >= 0.3 is 5.71 Å². The molecule has 5 aromatic carbocycles. The molecule has 0 unspecified atom stereocenters. The van der Waals surface area contributed by atoms with E-state index in [9.17, 15) is 32.4 Å². The smallest absolute Gasteiger partial charge is 0.362 e. The standard InChI is InChI=1S/C35H30N2O5.C11H8N2O3S.CH4/c1-19-7-8-22(15-20(19)2)35(4,5)23-9-14-30(21(3)16-23)37-33(40)27-13-11-25(18-29(27)34(37)41)42-24-10-12-26-28(17-24)32(39)36(6)31(26)38;1-17(15,16)10-4-2-3-8-7(10)5-6-9(13-12)11(8)14;/h7-18H,1-6H3;2-6H,1H3;1H4. The lowest BCUT2D eigenvalue weighted by molar-refractivity contribution is -0.00437. The van der Waals surface area contributed by atoms with E-state index < -0.39 is 33.3 Å². The lowest BCUT2D eigenvalue weighted by atomic mass is 9.77. The number of carbonyl (C=O) groups is 5. The zero-order valence-electron chi connectivity index (χ0n) is 33.3. The van der Waals surface area contributed by atoms with Gasteiger partial charge in [0, 0.05) is 35.9 Å². The van der Waals surface area contributed by atoms with Crippen molar-refractivity contribution in [3.05, 3.63) is 164 Å². The van der Waals surface area contributed by atoms with Gasteiger partial charge in [0.15, 0.2) is 9.84 Å². The van der Waals surface area contributed by atoms with Crippen LogP contribution in [0, 0.1) is 20.8 Å². The average molecular weight is 823 g/mol. The van der Waals surface area contributed by atoms with Gasteiger partial charge in [-0.05, 0) is 103 Å². The van der Waals surface area contributed by atoms with Crippen molar-refractivity contribution in [3.63, 3.8) is 0 Å². The molecule has 0 spiro atoms. The zero-order chi connectivity index (χ0) is 42.7. The summed E-state index contributed by atoms with van der Waals surface area (Å²) in [7, 11) is -1.97. The van der Waals surface area contributed by atoms with Gasteiger partial charge in [0.25, 0.3) is 29.4 Å². The maximum absolute atomic E-state index is 13.6. The first-order chi connectivity index (χ1) is 27.8. The Labute approximate surface area is 348 Å². The molecule has 0 aromatic heterocycles. The molecule has 13 heteroatoms. The number of Topliss-reactive ketones (excluding diaryl/α,β-unsaturated/α-hetero) is 1. The first-order valence-electron chi connectivity index (χ1n) is 18.5. The van der Waals surface area contributed by atoms with Crippen molar-refractivity contribution in [3.8, 4) is 11.5 Å². The highest BCUT2D eigenvalue weighted by molar-refractivity contribution is 7.90. The Bertz CT molecular complexity index is 2920. The Hall–Kier alpha value is -7.08. The highest BCUT2D eigenvalue weighted by atomic mass is 32.2. The number of rotatable bonds is 6. The van der Waals surface area contributed by atoms with Crippen LogP contribution in [0.4, 0.5) is 5.69 Å². The fourth-order valence-electron chi connectivity index (χ4n) is 7.33. The maximum Gasteiger partial charge on any atom is 0.362 e. The number of imide groups is 2. The molecule has 0 saturated heterocycles. The quantitative estimate of drug-likeness (QED) is 0.0934. The highest BCUT2D eigenvalue weighted by Crippen LogP contribution is 2.38. The van der Waals surface area contributed by atoms with Gasteiger partial charge in [-0.1, -0.05) is 63.7 Å². The number of hydrogen-bond acceptors (Lipinski definition) is 8. The summed E-state index contributed by atoms with van der Waals surface area (Å²) in [6.45, 7) is 10.4. The van der Waals surface area contributed by atoms with Crippen LogP contribution >= 0.6 is 0 Å². The van der Waals surface area contributed by atoms with Crippen LogP contribution in [-0.2, 0) is 15.3 Å². The second-order valence-corrected chi connectivity index (χ2v) is 17.2. The molecule has 8 rings (SSSR count). The second-order valence-electron chi connectivity index (χ2n) is 15.2. The van der Waals surface area contributed by atoms with E-state index in [1.54, 1.807) is 24.3 Å². The van der Waals surface area contributed by atoms with Crippen molar-refractivity contribution in [1.29, 1.82) is 0 Å². The number of allylic oxidation sites excluding steroid dienone is 1. The van der Waals surface area contributed by atoms with E-state index in [2.05, 4.69) is 50.7 Å². The molecule has 0 atom stereocenters. The number of aryl methyl sites for hydroxylation is 3. The molecule has 304 valence electrons. The van der Waals surface area contributed by atoms with Crippen LogP contribution in [-0.4, -0.2) is 66.5 Å². The summed E-state index contributed by atoms with van der Waals surface area (Å²) in [6.07, 6.45) is 3.83. The molecule has 0 saturated carbocycles. The first-order valence-corrected chi connectivity index (χ1v) is 20.4. The van der Waals surface area contributed by atoms with Crippen molar-refractivity contribution in [2.45, 2.75) is 52.4 Å². The zero-order valence-corrected chi connectivity index (χ0v) is 34.1. The van der Waals surface area contributed by atoms with Crippen LogP contribution in [0.25, 0.3) is 11.6 Å². The molecular formula is C47H42N4O8S. The number of carbonyl (C=O) groups excluding carboxylic acids is 5. The predicted octanol–water partition coefficient (Wildman–Crippen LogP) is 8.36. The fraction of sp³-hybridized carbons (Fsp3) is 0.191. The molecular weight excluding hydrogens is 781 g/mol. The van der Waals surface area contributed by atoms with E-state index in [1.807, 2.05) is 25.1 Å². The van der Waals surface area contributed by atoms with Gasteiger partial charge in [0.1, 0.15) is 11.5 Å². The normalized spacial score (nSPS) is 14.2. The Balaban J connectivity index is 0.000000281. The van der Waals surface area contributed by atoms with Crippen LogP contribution in [0.15, 0.2) is 102 Å². The van der Waals surface area contributed by atoms with Crippen LogP contribution in [0.2, 0.25) is 0 Å². The molecule has 0 fully saturated rings. The molecule has 2 heterocycles. The maximum atomic E-state index is 13.6. The molecule has 60 heavy (non-hydrogen) atoms. The van der Waals surface area contributed by atoms with Gasteiger partial charge in [-0.3, -0.25) is 28.9 Å². The average Bonchev–Trinajstić information content (AvgIpc) is 3.57. The number of amides is 4. The summed E-state index contributed by atoms with van der Waals surface area (Å²) in [4.78, 5) is 68.6. The van der Waals surface area contributed by atoms with Crippen LogP contribution in [0.5, 0.6) is 11.5 Å². The van der Waals surface area contributed by atoms with E-state index in [1.165, 1.54) is 71.1 Å². The van der Waals surface area contributed by atoms with Crippen LogP contribution < -0.4 is 9.64 Å². The first kappa shape index (κ1) is 42.5. The monoisotopic (exact) mass is 822 g/mol. The SMILES string of the molecule is C.CS(=O)(=O)c1cccc2c1C=CC(=[N+]=[N-])C2=O.Cc1ccc(C(C)(C)c2ccc(N3C(=O)c4ccc(Oc5ccc6c(c5)C(=O)N(C)C6=O)cc4C3=O)c(C)c2)cc1C. The van der Waals surface area contributed by atoms with Crippen LogP contribution in [0.1, 0.15) is 106 Å². The van der Waals surface area contributed by atoms with Gasteiger partial charge in [0.2, 0.25) is 0 Å². The predicted molar refractivity (Wildman–Crippen MR) is 228 cm³/mol. The van der Waals surface area contributed by atoms with E-state index in [0.29, 0.717) is 33.9 Å². The Morgan fingerprint density at radius 2 is 1.18 bits per heavy atom. The number of sulfone groups is 1. The number of fused-ring (bicyclic) bond motifs is 3. The van der Waals surface area contributed by atoms with E-state index >= 15 is 0 Å². The fourth-order valence-corrected chi connectivity index (χ4v) is 8.23. The Kier molecular flexibility index (Phi) is 11.1. The number of ketones is 1. The summed E-state index contributed by atoms with van der Waals surface area (Å²) in [6, 6.07) is 26.2. The van der Waals surface area contributed by atoms with Crippen molar-refractivity contribution in [2.75, 3.05) is 18.2 Å². The number of nitrogens with zero attached hydrogens (tertiary/aromatic N) is 4. The summed E-state index contributed by atoms with van der Waals surface area (Å²) in [5, 5.41) is 0. The third-order valence-corrected chi connectivity index (χ3v) is 12.2. The van der Waals surface area contributed by atoms with Gasteiger partial charge in [-0.15, -0.1) is 0 Å². The molecule has 5 aromatic rings. The lowest BCUT2D eigenvalue weighted by Gasteiger charge is -2.28. The van der Waals surface area contributed by atoms with E-state index in [0.717, 1.165) is 22.3 Å². The Morgan fingerprint density at radius 3 is 1.77 bits per heavy atom. The van der Waals surface area contributed by atoms with Gasteiger partial charge in [-0.2, -0.15) is 4.79 Å². The second kappa shape index (κ2) is 15.6. The minimum Gasteiger partial charge on any atom is -0.457 e. The third kappa shape index (κ3) is 7.29. The molecule has 2 aliphatic heterocycles. The van der Waals surface area contributed by atoms with Crippen molar-refractivity contribution in [1.82, 2.24) is 4.90 Å².